The summed E-state index contributed by atoms with van der Waals surface area (Å²) in [5.41, 5.74) is 7.65. The number of hydrogen-bond acceptors (Lipinski definition) is 5. The smallest absolute Gasteiger partial charge is 0.300 e. The Labute approximate surface area is 114 Å². The number of nitrogen functional groups attached to an aromatic ring is 1. The van der Waals surface area contributed by atoms with Crippen molar-refractivity contribution < 1.29 is 13.5 Å². The lowest BCUT2D eigenvalue weighted by Crippen LogP contribution is -1.95. The number of fused-ring (bicyclic) bond motifs is 1. The van der Waals surface area contributed by atoms with Crippen LogP contribution in [0.2, 0.25) is 0 Å². The molecule has 3 rings (SSSR count). The van der Waals surface area contributed by atoms with Gasteiger partial charge in [0.15, 0.2) is 5.58 Å². The minimum Gasteiger partial charge on any atom is -0.497 e. The highest BCUT2D eigenvalue weighted by Crippen LogP contribution is 2.27. The van der Waals surface area contributed by atoms with Crippen LogP contribution in [0.1, 0.15) is 0 Å². The minimum atomic E-state index is -0.424. The van der Waals surface area contributed by atoms with Crippen molar-refractivity contribution in [3.8, 4) is 5.75 Å². The number of oxazole rings is 1. The van der Waals surface area contributed by atoms with E-state index in [-0.39, 0.29) is 11.7 Å². The standard InChI is InChI=1S/C14H12FN3O2/c1-19-9-3-4-10(15)12(7-9)18-14-17-11-5-2-8(16)6-13(11)20-14/h2-7H,16H2,1H3,(H,17,18). The molecule has 6 heteroatoms. The van der Waals surface area contributed by atoms with Gasteiger partial charge in [0.2, 0.25) is 0 Å². The summed E-state index contributed by atoms with van der Waals surface area (Å²) in [5.74, 6) is 0.113. The molecule has 3 N–H and O–H groups in total. The number of benzene rings is 2. The van der Waals surface area contributed by atoms with Crippen molar-refractivity contribution in [2.24, 2.45) is 0 Å². The van der Waals surface area contributed by atoms with Crippen LogP contribution in [0.5, 0.6) is 5.75 Å². The van der Waals surface area contributed by atoms with Crippen LogP contribution in [0.3, 0.4) is 0 Å². The van der Waals surface area contributed by atoms with Crippen LogP contribution >= 0.6 is 0 Å². The zero-order valence-corrected chi connectivity index (χ0v) is 10.7. The molecular formula is C14H12FN3O2. The Bertz CT molecular complexity index is 770. The number of hydrogen-bond donors (Lipinski definition) is 2. The van der Waals surface area contributed by atoms with Gasteiger partial charge < -0.3 is 20.2 Å². The Morgan fingerprint density at radius 1 is 1.25 bits per heavy atom. The number of ether oxygens (including phenoxy) is 1. The Kier molecular flexibility index (Phi) is 2.90. The van der Waals surface area contributed by atoms with Gasteiger partial charge in [-0.1, -0.05) is 0 Å². The summed E-state index contributed by atoms with van der Waals surface area (Å²) in [7, 11) is 1.51. The highest BCUT2D eigenvalue weighted by atomic mass is 19.1. The lowest BCUT2D eigenvalue weighted by atomic mass is 10.3. The summed E-state index contributed by atoms with van der Waals surface area (Å²) in [6.07, 6.45) is 0. The van der Waals surface area contributed by atoms with Crippen molar-refractivity contribution in [3.05, 3.63) is 42.2 Å². The van der Waals surface area contributed by atoms with E-state index in [1.807, 2.05) is 0 Å². The first kappa shape index (κ1) is 12.3. The second kappa shape index (κ2) is 4.73. The van der Waals surface area contributed by atoms with Gasteiger partial charge in [-0.2, -0.15) is 4.98 Å². The monoisotopic (exact) mass is 273 g/mol. The Morgan fingerprint density at radius 2 is 2.10 bits per heavy atom. The van der Waals surface area contributed by atoms with Gasteiger partial charge in [0.1, 0.15) is 17.1 Å². The van der Waals surface area contributed by atoms with Gasteiger partial charge in [-0.3, -0.25) is 0 Å². The average molecular weight is 273 g/mol. The third kappa shape index (κ3) is 2.23. The number of aromatic nitrogens is 1. The van der Waals surface area contributed by atoms with Gasteiger partial charge in [0.05, 0.1) is 12.8 Å². The van der Waals surface area contributed by atoms with Gasteiger partial charge >= 0.3 is 0 Å². The molecule has 0 amide bonds. The number of anilines is 3. The summed E-state index contributed by atoms with van der Waals surface area (Å²) in [5, 5.41) is 2.78. The number of methoxy groups -OCH3 is 1. The molecule has 0 aliphatic heterocycles. The van der Waals surface area contributed by atoms with Gasteiger partial charge in [-0.25, -0.2) is 4.39 Å². The van der Waals surface area contributed by atoms with Gasteiger partial charge in [-0.05, 0) is 24.3 Å². The largest absolute Gasteiger partial charge is 0.497 e. The molecule has 20 heavy (non-hydrogen) atoms. The van der Waals surface area contributed by atoms with Crippen LogP contribution in [0, 0.1) is 5.82 Å². The maximum atomic E-state index is 13.7. The van der Waals surface area contributed by atoms with Crippen LogP contribution in [-0.2, 0) is 0 Å². The fraction of sp³-hybridized carbons (Fsp3) is 0.0714. The molecule has 1 aromatic heterocycles. The first-order chi connectivity index (χ1) is 9.65. The molecule has 0 aliphatic carbocycles. The van der Waals surface area contributed by atoms with Crippen LogP contribution in [0.15, 0.2) is 40.8 Å². The van der Waals surface area contributed by atoms with Crippen molar-refractivity contribution >= 4 is 28.5 Å². The van der Waals surface area contributed by atoms with Crippen molar-refractivity contribution in [2.75, 3.05) is 18.2 Å². The molecule has 0 bridgehead atoms. The SMILES string of the molecule is COc1ccc(F)c(Nc2nc3ccc(N)cc3o2)c1. The zero-order valence-electron chi connectivity index (χ0n) is 10.7. The van der Waals surface area contributed by atoms with Gasteiger partial charge in [0.25, 0.3) is 6.01 Å². The van der Waals surface area contributed by atoms with E-state index >= 15 is 0 Å². The molecule has 0 saturated carbocycles. The van der Waals surface area contributed by atoms with Crippen molar-refractivity contribution in [2.45, 2.75) is 0 Å². The van der Waals surface area contributed by atoms with E-state index in [2.05, 4.69) is 10.3 Å². The molecule has 0 aliphatic rings. The van der Waals surface area contributed by atoms with Crippen molar-refractivity contribution in [1.29, 1.82) is 0 Å². The molecule has 0 radical (unpaired) electrons. The predicted octanol–water partition coefficient (Wildman–Crippen LogP) is 3.30. The molecule has 0 atom stereocenters. The lowest BCUT2D eigenvalue weighted by molar-refractivity contribution is 0.414. The number of nitrogens with one attached hydrogen (secondary N) is 1. The van der Waals surface area contributed by atoms with Crippen LogP contribution in [0.25, 0.3) is 11.1 Å². The predicted molar refractivity (Wildman–Crippen MR) is 74.7 cm³/mol. The number of nitrogens with zero attached hydrogens (tertiary/aromatic N) is 1. The van der Waals surface area contributed by atoms with E-state index in [1.165, 1.54) is 25.3 Å². The van der Waals surface area contributed by atoms with Gasteiger partial charge in [-0.15, -0.1) is 0 Å². The number of halogens is 1. The third-order valence-corrected chi connectivity index (χ3v) is 2.83. The number of rotatable bonds is 3. The average Bonchev–Trinajstić information content (AvgIpc) is 2.82. The van der Waals surface area contributed by atoms with E-state index in [1.54, 1.807) is 18.2 Å². The Balaban J connectivity index is 1.96. The van der Waals surface area contributed by atoms with Gasteiger partial charge in [0, 0.05) is 17.8 Å². The van der Waals surface area contributed by atoms with Crippen LogP contribution < -0.4 is 15.8 Å². The highest BCUT2D eigenvalue weighted by Gasteiger charge is 2.10. The summed E-state index contributed by atoms with van der Waals surface area (Å²) in [4.78, 5) is 4.20. The maximum absolute atomic E-state index is 13.7. The Morgan fingerprint density at radius 3 is 2.90 bits per heavy atom. The molecule has 2 aromatic carbocycles. The van der Waals surface area contributed by atoms with E-state index in [0.29, 0.717) is 22.5 Å². The molecule has 1 heterocycles. The molecule has 0 spiro atoms. The first-order valence-corrected chi connectivity index (χ1v) is 5.92. The van der Waals surface area contributed by atoms with Crippen LogP contribution in [-0.4, -0.2) is 12.1 Å². The molecule has 3 aromatic rings. The molecule has 102 valence electrons. The summed E-state index contributed by atoms with van der Waals surface area (Å²) < 4.78 is 24.2. The van der Waals surface area contributed by atoms with Crippen molar-refractivity contribution in [1.82, 2.24) is 4.98 Å². The molecule has 5 nitrogen and oxygen atoms in total. The lowest BCUT2D eigenvalue weighted by Gasteiger charge is -2.05. The summed E-state index contributed by atoms with van der Waals surface area (Å²) >= 11 is 0. The topological polar surface area (TPSA) is 73.3 Å². The molecular weight excluding hydrogens is 261 g/mol. The fourth-order valence-corrected chi connectivity index (χ4v) is 1.84. The van der Waals surface area contributed by atoms with Crippen LogP contribution in [0.4, 0.5) is 21.8 Å². The molecule has 0 saturated heterocycles. The number of nitrogens with two attached hydrogens (primary N) is 1. The summed E-state index contributed by atoms with van der Waals surface area (Å²) in [6, 6.07) is 9.68. The third-order valence-electron chi connectivity index (χ3n) is 2.83. The van der Waals surface area contributed by atoms with E-state index in [4.69, 9.17) is 14.9 Å². The van der Waals surface area contributed by atoms with E-state index < -0.39 is 5.82 Å². The van der Waals surface area contributed by atoms with E-state index in [0.717, 1.165) is 0 Å². The van der Waals surface area contributed by atoms with Crippen molar-refractivity contribution in [3.63, 3.8) is 0 Å². The van der Waals surface area contributed by atoms with E-state index in [9.17, 15) is 4.39 Å². The summed E-state index contributed by atoms with van der Waals surface area (Å²) in [6.45, 7) is 0. The molecule has 0 fully saturated rings. The second-order valence-electron chi connectivity index (χ2n) is 4.22. The maximum Gasteiger partial charge on any atom is 0.300 e. The minimum absolute atomic E-state index is 0.192. The Hall–Kier alpha value is -2.76. The molecule has 0 unspecified atom stereocenters. The quantitative estimate of drug-likeness (QED) is 0.716. The normalized spacial score (nSPS) is 10.7. The second-order valence-corrected chi connectivity index (χ2v) is 4.22. The highest BCUT2D eigenvalue weighted by molar-refractivity contribution is 5.78. The fourth-order valence-electron chi connectivity index (χ4n) is 1.84. The first-order valence-electron chi connectivity index (χ1n) is 5.92. The zero-order chi connectivity index (χ0) is 14.1.